The van der Waals surface area contributed by atoms with Crippen LogP contribution in [0.5, 0.6) is 0 Å². The highest BCUT2D eigenvalue weighted by molar-refractivity contribution is 5.32. The van der Waals surface area contributed by atoms with Crippen molar-refractivity contribution in [1.82, 2.24) is 25.0 Å². The van der Waals surface area contributed by atoms with Gasteiger partial charge in [0.2, 0.25) is 0 Å². The van der Waals surface area contributed by atoms with Crippen molar-refractivity contribution >= 4 is 0 Å². The molecule has 3 aliphatic heterocycles. The van der Waals surface area contributed by atoms with E-state index in [0.29, 0.717) is 17.8 Å². The van der Waals surface area contributed by atoms with Crippen LogP contribution in [0.15, 0.2) is 16.9 Å². The molecular weight excluding hydrogens is 350 g/mol. The molecule has 2 aromatic rings. The Morgan fingerprint density at radius 2 is 2.00 bits per heavy atom. The van der Waals surface area contributed by atoms with Gasteiger partial charge in [-0.25, -0.2) is 0 Å². The number of nitrogens with one attached hydrogen (secondary N) is 2. The van der Waals surface area contributed by atoms with E-state index in [2.05, 4.69) is 37.1 Å². The average molecular weight is 380 g/mol. The molecule has 1 saturated carbocycles. The molecule has 0 spiro atoms. The molecule has 6 nitrogen and oxygen atoms in total. The van der Waals surface area contributed by atoms with Gasteiger partial charge in [-0.1, -0.05) is 6.07 Å². The highest BCUT2D eigenvalue weighted by Crippen LogP contribution is 2.41. The predicted molar refractivity (Wildman–Crippen MR) is 108 cm³/mol. The minimum absolute atomic E-state index is 0.247. The van der Waals surface area contributed by atoms with E-state index in [0.717, 1.165) is 57.7 Å². The molecule has 6 heteroatoms. The lowest BCUT2D eigenvalue weighted by Gasteiger charge is -2.37. The summed E-state index contributed by atoms with van der Waals surface area (Å²) in [6, 6.07) is 4.32. The van der Waals surface area contributed by atoms with Crippen molar-refractivity contribution in [2.75, 3.05) is 26.2 Å². The minimum atomic E-state index is 0.247. The molecule has 6 rings (SSSR count). The Kier molecular flexibility index (Phi) is 3.98. The van der Waals surface area contributed by atoms with E-state index in [-0.39, 0.29) is 5.56 Å². The summed E-state index contributed by atoms with van der Waals surface area (Å²) in [5.41, 5.74) is 6.56. The second-order valence-electron chi connectivity index (χ2n) is 9.27. The maximum atomic E-state index is 13.2. The van der Waals surface area contributed by atoms with Crippen LogP contribution in [-0.2, 0) is 25.9 Å². The summed E-state index contributed by atoms with van der Waals surface area (Å²) in [5, 5.41) is 11.4. The molecule has 2 atom stereocenters. The van der Waals surface area contributed by atoms with Crippen molar-refractivity contribution in [3.8, 4) is 0 Å². The predicted octanol–water partition coefficient (Wildman–Crippen LogP) is 1.76. The van der Waals surface area contributed by atoms with Crippen molar-refractivity contribution in [3.63, 3.8) is 0 Å². The summed E-state index contributed by atoms with van der Waals surface area (Å²) in [4.78, 5) is 15.7. The van der Waals surface area contributed by atoms with Crippen LogP contribution in [0.3, 0.4) is 0 Å². The van der Waals surface area contributed by atoms with E-state index in [4.69, 9.17) is 0 Å². The van der Waals surface area contributed by atoms with Crippen LogP contribution in [0.1, 0.15) is 59.3 Å². The van der Waals surface area contributed by atoms with Gasteiger partial charge in [-0.05, 0) is 49.8 Å². The quantitative estimate of drug-likeness (QED) is 0.853. The van der Waals surface area contributed by atoms with Crippen molar-refractivity contribution in [2.24, 2.45) is 5.92 Å². The Labute approximate surface area is 165 Å². The van der Waals surface area contributed by atoms with Gasteiger partial charge >= 0.3 is 0 Å². The van der Waals surface area contributed by atoms with Crippen LogP contribution in [0, 0.1) is 5.92 Å². The molecule has 0 aromatic carbocycles. The average Bonchev–Trinajstić information content (AvgIpc) is 3.50. The molecule has 1 aliphatic carbocycles. The van der Waals surface area contributed by atoms with Gasteiger partial charge in [-0.2, -0.15) is 5.10 Å². The number of piperidine rings is 1. The highest BCUT2D eigenvalue weighted by Gasteiger charge is 2.32. The number of fused-ring (bicyclic) bond motifs is 5. The largest absolute Gasteiger partial charge is 0.316 e. The molecule has 5 heterocycles. The zero-order valence-corrected chi connectivity index (χ0v) is 16.4. The third-order valence-electron chi connectivity index (χ3n) is 7.29. The molecule has 2 N–H and O–H groups in total. The number of hydrogen-bond acceptors (Lipinski definition) is 4. The maximum Gasteiger partial charge on any atom is 0.255 e. The van der Waals surface area contributed by atoms with Crippen LogP contribution < -0.4 is 10.9 Å². The molecule has 1 saturated heterocycles. The van der Waals surface area contributed by atoms with Crippen LogP contribution in [0.2, 0.25) is 0 Å². The highest BCUT2D eigenvalue weighted by atomic mass is 16.1. The fourth-order valence-corrected chi connectivity index (χ4v) is 5.60. The van der Waals surface area contributed by atoms with Crippen molar-refractivity contribution in [3.05, 3.63) is 50.7 Å². The Morgan fingerprint density at radius 3 is 2.89 bits per heavy atom. The van der Waals surface area contributed by atoms with Crippen LogP contribution in [0.25, 0.3) is 0 Å². The van der Waals surface area contributed by atoms with Gasteiger partial charge in [-0.15, -0.1) is 0 Å². The number of H-pyrrole nitrogens is 1. The maximum absolute atomic E-state index is 13.2. The van der Waals surface area contributed by atoms with E-state index in [9.17, 15) is 4.79 Å². The standard InChI is InChI=1S/C22H29N5O/c28-22-16(3-4-20-17-9-14(10-23-11-17)12-27(20)22)13-26-7-5-18-19(6-8-26)24-25-21(18)15-1-2-15/h3-4,14-15,17,23H,1-2,5-13H2,(H,24,25)/t14-,17+/m0/s1. The lowest BCUT2D eigenvalue weighted by molar-refractivity contribution is 0.251. The molecule has 28 heavy (non-hydrogen) atoms. The number of aromatic nitrogens is 3. The molecule has 0 radical (unpaired) electrons. The summed E-state index contributed by atoms with van der Waals surface area (Å²) < 4.78 is 2.09. The first-order valence-electron chi connectivity index (χ1n) is 11.0. The molecule has 0 amide bonds. The summed E-state index contributed by atoms with van der Waals surface area (Å²) >= 11 is 0. The van der Waals surface area contributed by atoms with Gasteiger partial charge in [0.25, 0.3) is 5.56 Å². The molecule has 2 fully saturated rings. The lowest BCUT2D eigenvalue weighted by Crippen LogP contribution is -2.45. The summed E-state index contributed by atoms with van der Waals surface area (Å²) in [7, 11) is 0. The number of hydrogen-bond donors (Lipinski definition) is 2. The molecule has 2 bridgehead atoms. The summed E-state index contributed by atoms with van der Waals surface area (Å²) in [6.45, 7) is 5.72. The number of nitrogens with zero attached hydrogens (tertiary/aromatic N) is 3. The molecular formula is C22H29N5O. The van der Waals surface area contributed by atoms with E-state index < -0.39 is 0 Å². The Hall–Kier alpha value is -1.92. The van der Waals surface area contributed by atoms with Gasteiger partial charge in [0.1, 0.15) is 0 Å². The molecule has 148 valence electrons. The fourth-order valence-electron chi connectivity index (χ4n) is 5.60. The molecule has 2 aromatic heterocycles. The Morgan fingerprint density at radius 1 is 1.11 bits per heavy atom. The number of rotatable bonds is 3. The Bertz CT molecular complexity index is 956. The zero-order valence-electron chi connectivity index (χ0n) is 16.4. The number of aromatic amines is 1. The van der Waals surface area contributed by atoms with Crippen molar-refractivity contribution in [1.29, 1.82) is 0 Å². The van der Waals surface area contributed by atoms with Crippen molar-refractivity contribution < 1.29 is 0 Å². The van der Waals surface area contributed by atoms with Gasteiger partial charge in [0.05, 0.1) is 5.69 Å². The normalized spacial score (nSPS) is 27.1. The minimum Gasteiger partial charge on any atom is -0.316 e. The third kappa shape index (κ3) is 2.85. The second-order valence-corrected chi connectivity index (χ2v) is 9.27. The van der Waals surface area contributed by atoms with Gasteiger partial charge in [-0.3, -0.25) is 14.8 Å². The summed E-state index contributed by atoms with van der Waals surface area (Å²) in [5.74, 6) is 1.81. The Balaban J connectivity index is 1.22. The van der Waals surface area contributed by atoms with Crippen LogP contribution in [0.4, 0.5) is 0 Å². The smallest absolute Gasteiger partial charge is 0.255 e. The first-order chi connectivity index (χ1) is 13.8. The lowest BCUT2D eigenvalue weighted by atomic mass is 9.84. The monoisotopic (exact) mass is 379 g/mol. The van der Waals surface area contributed by atoms with Gasteiger partial charge in [0.15, 0.2) is 0 Å². The fraction of sp³-hybridized carbons (Fsp3) is 0.636. The third-order valence-corrected chi connectivity index (χ3v) is 7.29. The molecule has 4 aliphatic rings. The second kappa shape index (κ2) is 6.56. The summed E-state index contributed by atoms with van der Waals surface area (Å²) in [6.07, 6.45) is 5.89. The van der Waals surface area contributed by atoms with Gasteiger partial charge in [0, 0.05) is 67.9 Å². The number of pyridine rings is 1. The van der Waals surface area contributed by atoms with E-state index in [1.165, 1.54) is 41.9 Å². The van der Waals surface area contributed by atoms with E-state index in [1.54, 1.807) is 0 Å². The SMILES string of the molecule is O=c1c(CN2CCc3[nH]nc(C4CC4)c3CC2)ccc2n1C[C@@H]1CNC[C@H]2C1. The van der Waals surface area contributed by atoms with E-state index >= 15 is 0 Å². The first kappa shape index (κ1) is 17.0. The van der Waals surface area contributed by atoms with Crippen LogP contribution >= 0.6 is 0 Å². The topological polar surface area (TPSA) is 66.0 Å². The van der Waals surface area contributed by atoms with Crippen molar-refractivity contribution in [2.45, 2.75) is 57.0 Å². The van der Waals surface area contributed by atoms with Crippen LogP contribution in [-0.4, -0.2) is 45.8 Å². The van der Waals surface area contributed by atoms with Gasteiger partial charge < -0.3 is 9.88 Å². The zero-order chi connectivity index (χ0) is 18.7. The first-order valence-corrected chi connectivity index (χ1v) is 11.0. The molecule has 0 unspecified atom stereocenters. The van der Waals surface area contributed by atoms with E-state index in [1.807, 2.05) is 0 Å².